The molecule has 191 valence electrons. The van der Waals surface area contributed by atoms with Crippen LogP contribution >= 0.6 is 0 Å². The normalized spacial score (nSPS) is 10.6. The summed E-state index contributed by atoms with van der Waals surface area (Å²) in [5.74, 6) is 0. The van der Waals surface area contributed by atoms with Gasteiger partial charge in [-0.15, -0.1) is 65.0 Å². The predicted octanol–water partition coefficient (Wildman–Crippen LogP) is 8.57. The van der Waals surface area contributed by atoms with E-state index in [1.54, 1.807) is 6.20 Å². The van der Waals surface area contributed by atoms with Crippen LogP contribution in [-0.2, 0) is 20.1 Å². The third kappa shape index (κ3) is 5.49. The Hall–Kier alpha value is -4.24. The van der Waals surface area contributed by atoms with E-state index in [9.17, 15) is 0 Å². The zero-order chi connectivity index (χ0) is 25.9. The summed E-state index contributed by atoms with van der Waals surface area (Å²) in [4.78, 5) is 14.0. The van der Waals surface area contributed by atoms with E-state index in [-0.39, 0.29) is 20.1 Å². The first kappa shape index (κ1) is 26.4. The van der Waals surface area contributed by atoms with Crippen molar-refractivity contribution in [3.05, 3.63) is 139 Å². The van der Waals surface area contributed by atoms with Crippen LogP contribution < -0.4 is 0 Å². The number of pyridine rings is 1. The van der Waals surface area contributed by atoms with Gasteiger partial charge in [-0.1, -0.05) is 83.9 Å². The van der Waals surface area contributed by atoms with Gasteiger partial charge >= 0.3 is 0 Å². The molecule has 0 atom stereocenters. The minimum atomic E-state index is 0. The maximum atomic E-state index is 4.99. The molecule has 0 saturated carbocycles. The van der Waals surface area contributed by atoms with Gasteiger partial charge in [-0.2, -0.15) is 0 Å². The van der Waals surface area contributed by atoms with Crippen LogP contribution in [0, 0.1) is 26.0 Å². The number of aryl methyl sites for hydroxylation is 2. The number of hydrogen-bond acceptors (Lipinski definition) is 3. The molecule has 4 heteroatoms. The summed E-state index contributed by atoms with van der Waals surface area (Å²) in [6.45, 7) is 4.23. The summed E-state index contributed by atoms with van der Waals surface area (Å²) >= 11 is 0. The van der Waals surface area contributed by atoms with Gasteiger partial charge in [0.2, 0.25) is 0 Å². The van der Waals surface area contributed by atoms with Crippen LogP contribution in [0.25, 0.3) is 55.1 Å². The average Bonchev–Trinajstić information content (AvgIpc) is 2.98. The summed E-state index contributed by atoms with van der Waals surface area (Å²) < 4.78 is 0. The van der Waals surface area contributed by atoms with Gasteiger partial charge in [0.05, 0.1) is 11.2 Å². The molecule has 7 aromatic rings. The first-order chi connectivity index (χ1) is 18.7. The Morgan fingerprint density at radius 3 is 2.18 bits per heavy atom. The second-order valence-corrected chi connectivity index (χ2v) is 9.32. The van der Waals surface area contributed by atoms with Crippen molar-refractivity contribution in [2.45, 2.75) is 13.8 Å². The molecule has 0 aliphatic heterocycles. The number of benzene rings is 5. The van der Waals surface area contributed by atoms with Gasteiger partial charge in [-0.3, -0.25) is 4.98 Å². The zero-order valence-corrected chi connectivity index (χ0v) is 24.0. The second kappa shape index (κ2) is 11.7. The van der Waals surface area contributed by atoms with E-state index in [0.717, 1.165) is 44.3 Å². The summed E-state index contributed by atoms with van der Waals surface area (Å²) in [6, 6.07) is 41.2. The number of hydrogen-bond donors (Lipinski definition) is 0. The van der Waals surface area contributed by atoms with Crippen molar-refractivity contribution in [2.24, 2.45) is 0 Å². The smallest absolute Gasteiger partial charge is 0.0873 e. The van der Waals surface area contributed by atoms with Crippen LogP contribution in [0.3, 0.4) is 0 Å². The first-order valence-corrected chi connectivity index (χ1v) is 12.6. The Bertz CT molecular complexity index is 1830. The molecule has 0 saturated heterocycles. The van der Waals surface area contributed by atoms with Crippen molar-refractivity contribution in [3.8, 4) is 22.5 Å². The Morgan fingerprint density at radius 2 is 1.41 bits per heavy atom. The van der Waals surface area contributed by atoms with Gasteiger partial charge in [0.15, 0.2) is 0 Å². The molecule has 2 heterocycles. The number of nitrogens with zero attached hydrogens (tertiary/aromatic N) is 3. The monoisotopic (exact) mass is 680 g/mol. The molecular formula is C35H25IrN3-2. The SMILES string of the molecule is Cc1c[c-]c2c(c1)c1cc(C)ccc1c1nc(-c3ccccc3)cnc21.[Ir].[c-]1ccccc1-c1ccccn1. The topological polar surface area (TPSA) is 38.7 Å². The summed E-state index contributed by atoms with van der Waals surface area (Å²) in [7, 11) is 0. The minimum Gasteiger partial charge on any atom is -0.305 e. The molecule has 0 fully saturated rings. The Kier molecular flexibility index (Phi) is 7.88. The molecule has 0 aliphatic rings. The molecule has 0 bridgehead atoms. The first-order valence-electron chi connectivity index (χ1n) is 12.6. The molecule has 0 aliphatic carbocycles. The van der Waals surface area contributed by atoms with E-state index in [0.29, 0.717) is 0 Å². The van der Waals surface area contributed by atoms with Crippen molar-refractivity contribution >= 4 is 32.6 Å². The van der Waals surface area contributed by atoms with E-state index in [1.165, 1.54) is 21.9 Å². The van der Waals surface area contributed by atoms with E-state index < -0.39 is 0 Å². The second-order valence-electron chi connectivity index (χ2n) is 9.32. The number of fused-ring (bicyclic) bond motifs is 6. The van der Waals surface area contributed by atoms with Crippen LogP contribution in [0.1, 0.15) is 11.1 Å². The fraction of sp³-hybridized carbons (Fsp3) is 0.0571. The Morgan fingerprint density at radius 1 is 0.615 bits per heavy atom. The summed E-state index contributed by atoms with van der Waals surface area (Å²) in [6.07, 6.45) is 3.65. The standard InChI is InChI=1S/C24H17N2.C11H8N.Ir/c1-15-8-10-18-20(12-15)21-13-16(2)9-11-19(21)24-23(18)25-14-22(26-24)17-6-4-3-5-7-17;1-2-6-10(7-3-1)11-8-4-5-9-12-11;/h3-9,11-14H,1-2H3;1-6,8-9H;/q2*-1;. The van der Waals surface area contributed by atoms with Crippen LogP contribution in [0.2, 0.25) is 0 Å². The fourth-order valence-electron chi connectivity index (χ4n) is 4.68. The number of rotatable bonds is 2. The molecule has 7 rings (SSSR count). The Labute approximate surface area is 242 Å². The van der Waals surface area contributed by atoms with Crippen molar-refractivity contribution in [2.75, 3.05) is 0 Å². The van der Waals surface area contributed by atoms with Gasteiger partial charge in [0, 0.05) is 43.6 Å². The summed E-state index contributed by atoms with van der Waals surface area (Å²) in [5, 5.41) is 4.59. The van der Waals surface area contributed by atoms with Gasteiger partial charge in [0.25, 0.3) is 0 Å². The third-order valence-electron chi connectivity index (χ3n) is 6.53. The van der Waals surface area contributed by atoms with Crippen molar-refractivity contribution in [1.82, 2.24) is 15.0 Å². The minimum absolute atomic E-state index is 0. The summed E-state index contributed by atoms with van der Waals surface area (Å²) in [5.41, 5.74) is 8.28. The molecule has 39 heavy (non-hydrogen) atoms. The van der Waals surface area contributed by atoms with E-state index in [2.05, 4.69) is 67.4 Å². The third-order valence-corrected chi connectivity index (χ3v) is 6.53. The molecule has 0 unspecified atom stereocenters. The number of aromatic nitrogens is 3. The average molecular weight is 680 g/mol. The van der Waals surface area contributed by atoms with Crippen LogP contribution in [-0.4, -0.2) is 15.0 Å². The van der Waals surface area contributed by atoms with Crippen molar-refractivity contribution < 1.29 is 20.1 Å². The van der Waals surface area contributed by atoms with Gasteiger partial charge in [0.1, 0.15) is 0 Å². The van der Waals surface area contributed by atoms with E-state index in [4.69, 9.17) is 9.97 Å². The quantitative estimate of drug-likeness (QED) is 0.136. The molecule has 2 aromatic heterocycles. The van der Waals surface area contributed by atoms with Gasteiger partial charge < -0.3 is 9.97 Å². The van der Waals surface area contributed by atoms with Crippen LogP contribution in [0.15, 0.2) is 116 Å². The van der Waals surface area contributed by atoms with E-state index >= 15 is 0 Å². The van der Waals surface area contributed by atoms with Crippen LogP contribution in [0.5, 0.6) is 0 Å². The largest absolute Gasteiger partial charge is 0.305 e. The van der Waals surface area contributed by atoms with Crippen LogP contribution in [0.4, 0.5) is 0 Å². The van der Waals surface area contributed by atoms with E-state index in [1.807, 2.05) is 72.9 Å². The maximum absolute atomic E-state index is 4.99. The van der Waals surface area contributed by atoms with Crippen molar-refractivity contribution in [3.63, 3.8) is 0 Å². The Balaban J connectivity index is 0.000000200. The molecule has 0 spiro atoms. The predicted molar refractivity (Wildman–Crippen MR) is 157 cm³/mol. The molecular weight excluding hydrogens is 655 g/mol. The molecule has 1 radical (unpaired) electrons. The van der Waals surface area contributed by atoms with Crippen molar-refractivity contribution in [1.29, 1.82) is 0 Å². The maximum Gasteiger partial charge on any atom is 0.0873 e. The zero-order valence-electron chi connectivity index (χ0n) is 21.6. The fourth-order valence-corrected chi connectivity index (χ4v) is 4.68. The van der Waals surface area contributed by atoms with Gasteiger partial charge in [-0.05, 0) is 24.1 Å². The van der Waals surface area contributed by atoms with Gasteiger partial charge in [-0.25, -0.2) is 0 Å². The molecule has 0 amide bonds. The molecule has 0 N–H and O–H groups in total. The molecule has 5 aromatic carbocycles. The molecule has 3 nitrogen and oxygen atoms in total.